The highest BCUT2D eigenvalue weighted by atomic mass is 15.2. The predicted octanol–water partition coefficient (Wildman–Crippen LogP) is 3.10. The number of nitriles is 1. The Labute approximate surface area is 110 Å². The van der Waals surface area contributed by atoms with E-state index >= 15 is 0 Å². The first-order valence-corrected chi connectivity index (χ1v) is 6.56. The van der Waals surface area contributed by atoms with E-state index in [1.807, 2.05) is 0 Å². The molecule has 1 aromatic rings. The van der Waals surface area contributed by atoms with E-state index in [4.69, 9.17) is 0 Å². The Morgan fingerprint density at radius 2 is 1.83 bits per heavy atom. The van der Waals surface area contributed by atoms with E-state index in [1.165, 1.54) is 31.5 Å². The Morgan fingerprint density at radius 1 is 1.17 bits per heavy atom. The van der Waals surface area contributed by atoms with Gasteiger partial charge in [-0.25, -0.2) is 0 Å². The summed E-state index contributed by atoms with van der Waals surface area (Å²) in [5, 5.41) is 9.38. The molecule has 3 heterocycles. The largest absolute Gasteiger partial charge is 0.299 e. The van der Waals surface area contributed by atoms with Crippen LogP contribution in [0.5, 0.6) is 0 Å². The molecule has 0 saturated carbocycles. The molecule has 96 valence electrons. The van der Waals surface area contributed by atoms with Crippen molar-refractivity contribution in [2.75, 3.05) is 13.1 Å². The molecule has 2 heteroatoms. The van der Waals surface area contributed by atoms with Crippen LogP contribution in [0.15, 0.2) is 30.3 Å². The van der Waals surface area contributed by atoms with E-state index in [2.05, 4.69) is 41.3 Å². The number of benzene rings is 1. The molecule has 3 fully saturated rings. The van der Waals surface area contributed by atoms with Crippen LogP contribution in [0.25, 0.3) is 0 Å². The van der Waals surface area contributed by atoms with Gasteiger partial charge in [-0.15, -0.1) is 0 Å². The second-order valence-electron chi connectivity index (χ2n) is 5.29. The van der Waals surface area contributed by atoms with E-state index in [-0.39, 0.29) is 13.3 Å². The monoisotopic (exact) mass is 242 g/mol. The third kappa shape index (κ3) is 2.28. The fraction of sp³-hybridized carbons (Fsp3) is 0.562. The van der Waals surface area contributed by atoms with Gasteiger partial charge in [-0.2, -0.15) is 5.26 Å². The molecule has 2 atom stereocenters. The van der Waals surface area contributed by atoms with Gasteiger partial charge in [0, 0.05) is 6.04 Å². The van der Waals surface area contributed by atoms with Gasteiger partial charge >= 0.3 is 0 Å². The molecule has 0 aromatic heterocycles. The number of piperidine rings is 3. The van der Waals surface area contributed by atoms with Crippen LogP contribution in [0, 0.1) is 23.2 Å². The predicted molar refractivity (Wildman–Crippen MR) is 74.1 cm³/mol. The molecule has 1 aromatic carbocycles. The van der Waals surface area contributed by atoms with Crippen molar-refractivity contribution >= 4 is 0 Å². The maximum absolute atomic E-state index is 9.38. The molecule has 2 unspecified atom stereocenters. The van der Waals surface area contributed by atoms with E-state index in [0.717, 1.165) is 6.42 Å². The minimum Gasteiger partial charge on any atom is -0.299 e. The van der Waals surface area contributed by atoms with Crippen molar-refractivity contribution in [2.24, 2.45) is 11.8 Å². The molecule has 2 nitrogen and oxygen atoms in total. The van der Waals surface area contributed by atoms with Crippen LogP contribution in [0.3, 0.4) is 0 Å². The smallest absolute Gasteiger partial charge is 0.0675 e. The molecule has 0 spiro atoms. The number of nitrogens with zero attached hydrogens (tertiary/aromatic N) is 2. The molecule has 0 N–H and O–H groups in total. The summed E-state index contributed by atoms with van der Waals surface area (Å²) in [5.74, 6) is 0.899. The van der Waals surface area contributed by atoms with E-state index < -0.39 is 0 Å². The quantitative estimate of drug-likeness (QED) is 0.797. The van der Waals surface area contributed by atoms with Crippen LogP contribution in [-0.2, 0) is 6.42 Å². The highest BCUT2D eigenvalue weighted by molar-refractivity contribution is 5.18. The van der Waals surface area contributed by atoms with Crippen molar-refractivity contribution < 1.29 is 0 Å². The summed E-state index contributed by atoms with van der Waals surface area (Å²) in [6.07, 6.45) is 3.49. The summed E-state index contributed by atoms with van der Waals surface area (Å²) in [4.78, 5) is 2.53. The van der Waals surface area contributed by atoms with Crippen LogP contribution in [0.4, 0.5) is 0 Å². The number of hydrogen-bond acceptors (Lipinski definition) is 2. The lowest BCUT2D eigenvalue weighted by Crippen LogP contribution is -2.55. The first-order valence-electron chi connectivity index (χ1n) is 6.56. The van der Waals surface area contributed by atoms with E-state index in [0.29, 0.717) is 12.0 Å². The standard InChI is InChI=1S/C15H18N2.CH4/c16-11-14-13-6-8-17(9-7-13)15(14)10-12-4-2-1-3-5-12;/h1-5,13-15H,6-10H2;1H4. The summed E-state index contributed by atoms with van der Waals surface area (Å²) < 4.78 is 0. The number of fused-ring (bicyclic) bond motifs is 3. The highest BCUT2D eigenvalue weighted by Gasteiger charge is 2.41. The van der Waals surface area contributed by atoms with Gasteiger partial charge in [0.05, 0.1) is 12.0 Å². The molecule has 3 aliphatic heterocycles. The van der Waals surface area contributed by atoms with E-state index in [9.17, 15) is 5.26 Å². The average molecular weight is 242 g/mol. The lowest BCUT2D eigenvalue weighted by Gasteiger charge is -2.48. The van der Waals surface area contributed by atoms with Gasteiger partial charge in [0.2, 0.25) is 0 Å². The summed E-state index contributed by atoms with van der Waals surface area (Å²) in [5.41, 5.74) is 1.37. The average Bonchev–Trinajstić information content (AvgIpc) is 2.41. The second-order valence-corrected chi connectivity index (χ2v) is 5.29. The maximum atomic E-state index is 9.38. The van der Waals surface area contributed by atoms with Crippen LogP contribution < -0.4 is 0 Å². The zero-order valence-electron chi connectivity index (χ0n) is 10.0. The topological polar surface area (TPSA) is 27.0 Å². The molecular weight excluding hydrogens is 220 g/mol. The molecule has 0 aliphatic carbocycles. The summed E-state index contributed by atoms with van der Waals surface area (Å²) in [6, 6.07) is 13.6. The molecule has 3 aliphatic rings. The maximum Gasteiger partial charge on any atom is 0.0675 e. The number of rotatable bonds is 2. The minimum absolute atomic E-state index is 0. The van der Waals surface area contributed by atoms with Gasteiger partial charge in [-0.1, -0.05) is 37.8 Å². The van der Waals surface area contributed by atoms with Gasteiger partial charge in [0.1, 0.15) is 0 Å². The summed E-state index contributed by atoms with van der Waals surface area (Å²) >= 11 is 0. The van der Waals surface area contributed by atoms with Crippen molar-refractivity contribution in [3.63, 3.8) is 0 Å². The first kappa shape index (κ1) is 13.1. The Bertz CT molecular complexity index is 412. The minimum atomic E-state index is 0. The fourth-order valence-electron chi connectivity index (χ4n) is 3.45. The van der Waals surface area contributed by atoms with Crippen molar-refractivity contribution in [3.8, 4) is 6.07 Å². The molecular formula is C16H22N2. The van der Waals surface area contributed by atoms with Crippen molar-refractivity contribution in [3.05, 3.63) is 35.9 Å². The van der Waals surface area contributed by atoms with Crippen molar-refractivity contribution in [1.82, 2.24) is 4.90 Å². The summed E-state index contributed by atoms with van der Waals surface area (Å²) in [6.45, 7) is 2.39. The molecule has 2 bridgehead atoms. The van der Waals surface area contributed by atoms with Crippen LogP contribution >= 0.6 is 0 Å². The molecule has 18 heavy (non-hydrogen) atoms. The van der Waals surface area contributed by atoms with Crippen molar-refractivity contribution in [1.29, 1.82) is 5.26 Å². The zero-order valence-corrected chi connectivity index (χ0v) is 10.0. The third-order valence-electron chi connectivity index (χ3n) is 4.40. The normalized spacial score (nSPS) is 33.5. The van der Waals surface area contributed by atoms with Crippen LogP contribution in [-0.4, -0.2) is 24.0 Å². The van der Waals surface area contributed by atoms with Crippen LogP contribution in [0.2, 0.25) is 0 Å². The molecule has 0 radical (unpaired) electrons. The van der Waals surface area contributed by atoms with Gasteiger partial charge in [0.15, 0.2) is 0 Å². The van der Waals surface area contributed by atoms with Gasteiger partial charge in [0.25, 0.3) is 0 Å². The van der Waals surface area contributed by atoms with Crippen molar-refractivity contribution in [2.45, 2.75) is 32.7 Å². The highest BCUT2D eigenvalue weighted by Crippen LogP contribution is 2.37. The number of hydrogen-bond donors (Lipinski definition) is 0. The summed E-state index contributed by atoms with van der Waals surface area (Å²) in [7, 11) is 0. The second kappa shape index (κ2) is 5.54. The SMILES string of the molecule is C.N#CC1C2CCN(CC2)C1Cc1ccccc1. The first-order chi connectivity index (χ1) is 8.38. The molecule has 3 saturated heterocycles. The van der Waals surface area contributed by atoms with Crippen LogP contribution in [0.1, 0.15) is 25.8 Å². The molecule has 4 rings (SSSR count). The van der Waals surface area contributed by atoms with E-state index in [1.54, 1.807) is 0 Å². The Morgan fingerprint density at radius 3 is 2.44 bits per heavy atom. The fourth-order valence-corrected chi connectivity index (χ4v) is 3.45. The zero-order chi connectivity index (χ0) is 11.7. The lowest BCUT2D eigenvalue weighted by atomic mass is 9.73. The van der Waals surface area contributed by atoms with Gasteiger partial charge in [-0.05, 0) is 43.8 Å². The van der Waals surface area contributed by atoms with Gasteiger partial charge in [-0.3, -0.25) is 4.90 Å². The third-order valence-corrected chi connectivity index (χ3v) is 4.40. The Hall–Kier alpha value is -1.33. The molecule has 0 amide bonds. The lowest BCUT2D eigenvalue weighted by molar-refractivity contribution is 0.0150. The Kier molecular flexibility index (Phi) is 4.04. The Balaban J connectivity index is 0.00000120. The van der Waals surface area contributed by atoms with Gasteiger partial charge < -0.3 is 0 Å².